The second-order valence-electron chi connectivity index (χ2n) is 1.89. The Morgan fingerprint density at radius 3 is 2.75 bits per heavy atom. The lowest BCUT2D eigenvalue weighted by atomic mass is 10.4. The van der Waals surface area contributed by atoms with E-state index in [4.69, 9.17) is 5.26 Å². The van der Waals surface area contributed by atoms with Crippen molar-refractivity contribution in [1.29, 1.82) is 5.26 Å². The van der Waals surface area contributed by atoms with Gasteiger partial charge in [-0.2, -0.15) is 8.42 Å². The minimum Gasteiger partial charge on any atom is -0.474 e. The molecular weight excluding hydrogens is 182 g/mol. The molecule has 0 aromatic rings. The van der Waals surface area contributed by atoms with Crippen LogP contribution >= 0.6 is 0 Å². The van der Waals surface area contributed by atoms with Crippen molar-refractivity contribution < 1.29 is 17.3 Å². The van der Waals surface area contributed by atoms with E-state index in [1.807, 2.05) is 0 Å². The zero-order valence-corrected chi connectivity index (χ0v) is 6.69. The smallest absolute Gasteiger partial charge is 0.361 e. The van der Waals surface area contributed by atoms with Gasteiger partial charge in [-0.05, 0) is 12.2 Å². The third kappa shape index (κ3) is 1.77. The van der Waals surface area contributed by atoms with Crippen LogP contribution in [0.2, 0.25) is 0 Å². The van der Waals surface area contributed by atoms with Gasteiger partial charge in [0.25, 0.3) is 5.44 Å². The number of hydrogen-bond acceptors (Lipinski definition) is 5. The van der Waals surface area contributed by atoms with Crippen molar-refractivity contribution in [3.63, 3.8) is 0 Å². The average molecular weight is 187 g/mol. The van der Waals surface area contributed by atoms with Gasteiger partial charge in [-0.1, -0.05) is 6.08 Å². The van der Waals surface area contributed by atoms with Crippen molar-refractivity contribution in [3.05, 3.63) is 24.5 Å². The third-order valence-electron chi connectivity index (χ3n) is 1.11. The van der Waals surface area contributed by atoms with E-state index in [2.05, 4.69) is 8.92 Å². The first-order valence-corrected chi connectivity index (χ1v) is 4.44. The number of nitriles is 1. The zero-order valence-electron chi connectivity index (χ0n) is 5.88. The Balaban J connectivity index is 2.78. The summed E-state index contributed by atoms with van der Waals surface area (Å²) in [6, 6.07) is 0. The van der Waals surface area contributed by atoms with Gasteiger partial charge in [-0.25, -0.2) is 0 Å². The number of allylic oxidation sites excluding steroid dienone is 2. The minimum absolute atomic E-state index is 1.08. The molecule has 0 radical (unpaired) electrons. The number of nitrogens with zero attached hydrogens (tertiary/aromatic N) is 1. The maximum Gasteiger partial charge on any atom is 0.361 e. The molecule has 0 aromatic heterocycles. The number of ether oxygens (including phenoxy) is 1. The van der Waals surface area contributed by atoms with E-state index in [9.17, 15) is 8.42 Å². The highest BCUT2D eigenvalue weighted by Gasteiger charge is 2.26. The van der Waals surface area contributed by atoms with Gasteiger partial charge in [0.15, 0.2) is 0 Å². The molecule has 12 heavy (non-hydrogen) atoms. The van der Waals surface area contributed by atoms with Crippen LogP contribution in [0.5, 0.6) is 0 Å². The van der Waals surface area contributed by atoms with Crippen LogP contribution in [0.15, 0.2) is 24.5 Å². The molecule has 64 valence electrons. The van der Waals surface area contributed by atoms with E-state index in [1.165, 1.54) is 24.5 Å². The van der Waals surface area contributed by atoms with E-state index in [0.29, 0.717) is 0 Å². The van der Waals surface area contributed by atoms with Crippen LogP contribution in [-0.4, -0.2) is 13.9 Å². The monoisotopic (exact) mass is 187 g/mol. The second-order valence-corrected chi connectivity index (χ2v) is 3.50. The molecule has 1 rings (SSSR count). The van der Waals surface area contributed by atoms with Gasteiger partial charge in [0.1, 0.15) is 0 Å². The molecule has 1 atom stereocenters. The summed E-state index contributed by atoms with van der Waals surface area (Å²) in [5.41, 5.74) is -1.22. The van der Waals surface area contributed by atoms with Crippen molar-refractivity contribution >= 4 is 10.1 Å². The summed E-state index contributed by atoms with van der Waals surface area (Å²) in [4.78, 5) is 0. The molecule has 0 fully saturated rings. The first-order chi connectivity index (χ1) is 5.67. The Bertz CT molecular complexity index is 348. The molecule has 0 bridgehead atoms. The van der Waals surface area contributed by atoms with Crippen LogP contribution in [0.3, 0.4) is 0 Å². The summed E-state index contributed by atoms with van der Waals surface area (Å²) in [6.45, 7) is 0. The highest BCUT2D eigenvalue weighted by molar-refractivity contribution is 7.87. The zero-order chi connectivity index (χ0) is 9.03. The maximum absolute atomic E-state index is 10.9. The maximum atomic E-state index is 10.9. The number of hydrogen-bond donors (Lipinski definition) is 0. The number of rotatable bonds is 2. The van der Waals surface area contributed by atoms with Crippen molar-refractivity contribution in [2.24, 2.45) is 0 Å². The predicted molar refractivity (Wildman–Crippen MR) is 38.8 cm³/mol. The fourth-order valence-electron chi connectivity index (χ4n) is 0.632. The Hall–Kier alpha value is -1.48. The molecule has 0 N–H and O–H groups in total. The summed E-state index contributed by atoms with van der Waals surface area (Å²) in [6.07, 6.45) is 6.58. The lowest BCUT2D eigenvalue weighted by Crippen LogP contribution is -2.22. The summed E-state index contributed by atoms with van der Waals surface area (Å²) in [5, 5.41) is 7.98. The van der Waals surface area contributed by atoms with Gasteiger partial charge in [-0.15, -0.1) is 5.26 Å². The summed E-state index contributed by atoms with van der Waals surface area (Å²) >= 11 is 0. The lowest BCUT2D eigenvalue weighted by Gasteiger charge is -2.11. The Morgan fingerprint density at radius 1 is 1.50 bits per heavy atom. The Labute approximate surface area is 69.6 Å². The van der Waals surface area contributed by atoms with Gasteiger partial charge in [0.2, 0.25) is 0 Å². The van der Waals surface area contributed by atoms with Gasteiger partial charge in [-0.3, -0.25) is 4.18 Å². The van der Waals surface area contributed by atoms with Crippen molar-refractivity contribution in [1.82, 2.24) is 0 Å². The lowest BCUT2D eigenvalue weighted by molar-refractivity contribution is 0.231. The highest BCUT2D eigenvalue weighted by atomic mass is 32.2. The minimum atomic E-state index is -3.95. The molecule has 0 amide bonds. The third-order valence-corrected chi connectivity index (χ3v) is 2.25. The first-order valence-electron chi connectivity index (χ1n) is 2.97. The summed E-state index contributed by atoms with van der Waals surface area (Å²) in [7, 11) is -3.95. The normalized spacial score (nSPS) is 21.1. The van der Waals surface area contributed by atoms with Gasteiger partial charge < -0.3 is 4.74 Å². The predicted octanol–water partition coefficient (Wildman–Crippen LogP) is 0.240. The van der Waals surface area contributed by atoms with Crippen LogP contribution in [0.4, 0.5) is 0 Å². The average Bonchev–Trinajstić information content (AvgIpc) is 2.06. The highest BCUT2D eigenvalue weighted by Crippen LogP contribution is 2.11. The molecule has 1 aliphatic heterocycles. The Kier molecular flexibility index (Phi) is 2.35. The molecular formula is C6H5NO4S. The van der Waals surface area contributed by atoms with E-state index in [0.717, 1.165) is 6.26 Å². The fourth-order valence-corrected chi connectivity index (χ4v) is 1.31. The molecule has 0 spiro atoms. The van der Waals surface area contributed by atoms with Crippen LogP contribution in [0.1, 0.15) is 0 Å². The molecule has 1 aliphatic rings. The van der Waals surface area contributed by atoms with Crippen molar-refractivity contribution in [3.8, 4) is 6.26 Å². The second kappa shape index (κ2) is 3.28. The molecule has 0 saturated heterocycles. The fraction of sp³-hybridized carbons (Fsp3) is 0.167. The van der Waals surface area contributed by atoms with Crippen LogP contribution < -0.4 is 0 Å². The molecule has 0 aliphatic carbocycles. The van der Waals surface area contributed by atoms with Crippen LogP contribution in [0.25, 0.3) is 0 Å². The molecule has 0 aromatic carbocycles. The SMILES string of the molecule is N#COS(=O)(=O)C1C=CC=CO1. The molecule has 6 heteroatoms. The summed E-state index contributed by atoms with van der Waals surface area (Å²) < 4.78 is 30.4. The topological polar surface area (TPSA) is 76.4 Å². The standard InChI is InChI=1S/C6H5NO4S/c7-5-11-12(8,9)6-3-1-2-4-10-6/h1-4,6H. The largest absolute Gasteiger partial charge is 0.474 e. The molecule has 1 unspecified atom stereocenters. The quantitative estimate of drug-likeness (QED) is 0.457. The van der Waals surface area contributed by atoms with Gasteiger partial charge in [0.05, 0.1) is 6.26 Å². The van der Waals surface area contributed by atoms with Crippen LogP contribution in [-0.2, 0) is 19.0 Å². The van der Waals surface area contributed by atoms with E-state index in [-0.39, 0.29) is 0 Å². The van der Waals surface area contributed by atoms with Crippen molar-refractivity contribution in [2.75, 3.05) is 0 Å². The van der Waals surface area contributed by atoms with Gasteiger partial charge in [0, 0.05) is 0 Å². The first kappa shape index (κ1) is 8.62. The molecule has 1 heterocycles. The van der Waals surface area contributed by atoms with E-state index in [1.54, 1.807) is 0 Å². The van der Waals surface area contributed by atoms with E-state index < -0.39 is 15.6 Å². The molecule has 0 saturated carbocycles. The molecule has 5 nitrogen and oxygen atoms in total. The van der Waals surface area contributed by atoms with Gasteiger partial charge >= 0.3 is 16.4 Å². The Morgan fingerprint density at radius 2 is 2.25 bits per heavy atom. The van der Waals surface area contributed by atoms with Crippen molar-refractivity contribution in [2.45, 2.75) is 5.44 Å². The van der Waals surface area contributed by atoms with E-state index >= 15 is 0 Å². The van der Waals surface area contributed by atoms with Crippen LogP contribution in [0, 0.1) is 11.5 Å². The summed E-state index contributed by atoms with van der Waals surface area (Å²) in [5.74, 6) is 0.